The molecule has 0 saturated carbocycles. The number of aromatic amines is 1. The van der Waals surface area contributed by atoms with E-state index in [1.807, 2.05) is 12.1 Å². The van der Waals surface area contributed by atoms with Gasteiger partial charge in [0.1, 0.15) is 5.82 Å². The number of fused-ring (bicyclic) bond motifs is 1. The SMILES string of the molecule is O=C(Nc1ccn[nH]1)C1CCN(S(=O)(=O)c2ccc3c(c2)CCCC3)CC1. The lowest BCUT2D eigenvalue weighted by molar-refractivity contribution is -0.120. The van der Waals surface area contributed by atoms with E-state index in [0.717, 1.165) is 24.8 Å². The molecular formula is C19H24N4O3S. The highest BCUT2D eigenvalue weighted by Crippen LogP contribution is 2.28. The molecule has 0 spiro atoms. The molecule has 144 valence electrons. The lowest BCUT2D eigenvalue weighted by atomic mass is 9.92. The largest absolute Gasteiger partial charge is 0.311 e. The maximum absolute atomic E-state index is 13.0. The Morgan fingerprint density at radius 1 is 1.11 bits per heavy atom. The van der Waals surface area contributed by atoms with E-state index in [-0.39, 0.29) is 11.8 Å². The Balaban J connectivity index is 1.42. The number of aryl methyl sites for hydroxylation is 2. The van der Waals surface area contributed by atoms with E-state index in [1.165, 1.54) is 16.3 Å². The molecule has 1 fully saturated rings. The van der Waals surface area contributed by atoms with E-state index < -0.39 is 10.0 Å². The smallest absolute Gasteiger partial charge is 0.243 e. The Bertz CT molecular complexity index is 916. The number of sulfonamides is 1. The van der Waals surface area contributed by atoms with Crippen LogP contribution in [0.25, 0.3) is 0 Å². The second kappa shape index (κ2) is 7.44. The minimum atomic E-state index is -3.51. The van der Waals surface area contributed by atoms with Crippen LogP contribution >= 0.6 is 0 Å². The van der Waals surface area contributed by atoms with Crippen molar-refractivity contribution >= 4 is 21.7 Å². The fraction of sp³-hybridized carbons (Fsp3) is 0.474. The van der Waals surface area contributed by atoms with Crippen molar-refractivity contribution < 1.29 is 13.2 Å². The van der Waals surface area contributed by atoms with Gasteiger partial charge >= 0.3 is 0 Å². The third-order valence-corrected chi connectivity index (χ3v) is 7.44. The highest BCUT2D eigenvalue weighted by molar-refractivity contribution is 7.89. The molecule has 27 heavy (non-hydrogen) atoms. The summed E-state index contributed by atoms with van der Waals surface area (Å²) >= 11 is 0. The number of hydrogen-bond acceptors (Lipinski definition) is 4. The van der Waals surface area contributed by atoms with Gasteiger partial charge in [-0.15, -0.1) is 0 Å². The first-order chi connectivity index (χ1) is 13.0. The summed E-state index contributed by atoms with van der Waals surface area (Å²) in [6.45, 7) is 0.723. The normalized spacial score (nSPS) is 18.8. The van der Waals surface area contributed by atoms with E-state index in [0.29, 0.717) is 36.6 Å². The Hall–Kier alpha value is -2.19. The fourth-order valence-corrected chi connectivity index (χ4v) is 5.46. The number of piperidine rings is 1. The molecule has 1 aromatic carbocycles. The van der Waals surface area contributed by atoms with Crippen molar-refractivity contribution in [2.75, 3.05) is 18.4 Å². The zero-order valence-corrected chi connectivity index (χ0v) is 16.0. The highest BCUT2D eigenvalue weighted by Gasteiger charge is 2.32. The van der Waals surface area contributed by atoms with Crippen molar-refractivity contribution in [2.24, 2.45) is 5.92 Å². The van der Waals surface area contributed by atoms with Gasteiger partial charge in [0, 0.05) is 25.1 Å². The van der Waals surface area contributed by atoms with Crippen LogP contribution in [0, 0.1) is 5.92 Å². The van der Waals surface area contributed by atoms with Crippen LogP contribution in [0.4, 0.5) is 5.82 Å². The van der Waals surface area contributed by atoms with Crippen LogP contribution in [0.15, 0.2) is 35.4 Å². The van der Waals surface area contributed by atoms with Gasteiger partial charge in [0.25, 0.3) is 0 Å². The van der Waals surface area contributed by atoms with Crippen LogP contribution in [-0.4, -0.2) is 41.9 Å². The van der Waals surface area contributed by atoms with Crippen LogP contribution in [0.5, 0.6) is 0 Å². The third-order valence-electron chi connectivity index (χ3n) is 5.54. The van der Waals surface area contributed by atoms with Gasteiger partial charge < -0.3 is 5.32 Å². The number of carbonyl (C=O) groups is 1. The summed E-state index contributed by atoms with van der Waals surface area (Å²) in [5, 5.41) is 9.29. The first-order valence-electron chi connectivity index (χ1n) is 9.46. The Kier molecular flexibility index (Phi) is 5.01. The third kappa shape index (κ3) is 3.77. The van der Waals surface area contributed by atoms with Gasteiger partial charge in [0.05, 0.1) is 11.1 Å². The molecule has 0 bridgehead atoms. The second-order valence-corrected chi connectivity index (χ2v) is 9.21. The van der Waals surface area contributed by atoms with Crippen LogP contribution in [0.3, 0.4) is 0 Å². The molecular weight excluding hydrogens is 364 g/mol. The zero-order chi connectivity index (χ0) is 18.9. The summed E-state index contributed by atoms with van der Waals surface area (Å²) in [6, 6.07) is 7.23. The number of nitrogens with zero attached hydrogens (tertiary/aromatic N) is 2. The predicted molar refractivity (Wildman–Crippen MR) is 102 cm³/mol. The molecule has 2 N–H and O–H groups in total. The van der Waals surface area contributed by atoms with Gasteiger partial charge in [0.15, 0.2) is 0 Å². The van der Waals surface area contributed by atoms with Gasteiger partial charge in [-0.25, -0.2) is 8.42 Å². The van der Waals surface area contributed by atoms with Crippen molar-refractivity contribution in [3.63, 3.8) is 0 Å². The molecule has 2 aromatic rings. The number of rotatable bonds is 4. The molecule has 2 heterocycles. The zero-order valence-electron chi connectivity index (χ0n) is 15.1. The Morgan fingerprint density at radius 2 is 1.85 bits per heavy atom. The average molecular weight is 388 g/mol. The average Bonchev–Trinajstić information content (AvgIpc) is 3.20. The molecule has 2 aliphatic rings. The standard InChI is InChI=1S/C19H24N4O3S/c24-19(21-18-7-10-20-22-18)15-8-11-23(12-9-15)27(25,26)17-6-5-14-3-1-2-4-16(14)13-17/h5-7,10,13,15H,1-4,8-9,11-12H2,(H2,20,21,22,24). The molecule has 7 nitrogen and oxygen atoms in total. The van der Waals surface area contributed by atoms with Crippen LogP contribution in [0.2, 0.25) is 0 Å². The summed E-state index contributed by atoms with van der Waals surface area (Å²) < 4.78 is 27.5. The summed E-state index contributed by atoms with van der Waals surface area (Å²) in [6.07, 6.45) is 6.89. The maximum atomic E-state index is 13.0. The monoisotopic (exact) mass is 388 g/mol. The number of hydrogen-bond donors (Lipinski definition) is 2. The minimum absolute atomic E-state index is 0.0925. The number of aromatic nitrogens is 2. The van der Waals surface area contributed by atoms with Crippen LogP contribution in [-0.2, 0) is 27.7 Å². The summed E-state index contributed by atoms with van der Waals surface area (Å²) in [5.41, 5.74) is 2.44. The van der Waals surface area contributed by atoms with Gasteiger partial charge in [-0.3, -0.25) is 9.89 Å². The van der Waals surface area contributed by atoms with Gasteiger partial charge in [0.2, 0.25) is 15.9 Å². The van der Waals surface area contributed by atoms with Crippen molar-refractivity contribution in [2.45, 2.75) is 43.4 Å². The van der Waals surface area contributed by atoms with E-state index >= 15 is 0 Å². The molecule has 0 unspecified atom stereocenters. The topological polar surface area (TPSA) is 95.2 Å². The molecule has 1 aliphatic heterocycles. The number of amides is 1. The Labute approximate surface area is 159 Å². The van der Waals surface area contributed by atoms with Gasteiger partial charge in [-0.1, -0.05) is 6.07 Å². The molecule has 8 heteroatoms. The van der Waals surface area contributed by atoms with Crippen LogP contribution < -0.4 is 5.32 Å². The molecule has 1 aliphatic carbocycles. The molecule has 1 saturated heterocycles. The number of carbonyl (C=O) groups excluding carboxylic acids is 1. The van der Waals surface area contributed by atoms with Gasteiger partial charge in [-0.2, -0.15) is 9.40 Å². The van der Waals surface area contributed by atoms with Crippen molar-refractivity contribution in [3.8, 4) is 0 Å². The predicted octanol–water partition coefficient (Wildman–Crippen LogP) is 2.33. The number of H-pyrrole nitrogens is 1. The van der Waals surface area contributed by atoms with E-state index in [2.05, 4.69) is 15.5 Å². The first kappa shape index (κ1) is 18.2. The second-order valence-electron chi connectivity index (χ2n) is 7.28. The van der Waals surface area contributed by atoms with E-state index in [1.54, 1.807) is 18.3 Å². The van der Waals surface area contributed by atoms with Crippen molar-refractivity contribution in [1.29, 1.82) is 0 Å². The highest BCUT2D eigenvalue weighted by atomic mass is 32.2. The Morgan fingerprint density at radius 3 is 2.56 bits per heavy atom. The molecule has 0 atom stereocenters. The van der Waals surface area contributed by atoms with Crippen molar-refractivity contribution in [1.82, 2.24) is 14.5 Å². The van der Waals surface area contributed by atoms with Crippen molar-refractivity contribution in [3.05, 3.63) is 41.6 Å². The van der Waals surface area contributed by atoms with E-state index in [9.17, 15) is 13.2 Å². The van der Waals surface area contributed by atoms with E-state index in [4.69, 9.17) is 0 Å². The molecule has 1 amide bonds. The molecule has 0 radical (unpaired) electrons. The summed E-state index contributed by atoms with van der Waals surface area (Å²) in [4.78, 5) is 12.7. The maximum Gasteiger partial charge on any atom is 0.243 e. The minimum Gasteiger partial charge on any atom is -0.311 e. The van der Waals surface area contributed by atoms with Gasteiger partial charge in [-0.05, 0) is 61.8 Å². The van der Waals surface area contributed by atoms with Crippen LogP contribution in [0.1, 0.15) is 36.8 Å². The number of benzene rings is 1. The number of nitrogens with one attached hydrogen (secondary N) is 2. The summed E-state index contributed by atoms with van der Waals surface area (Å²) in [7, 11) is -3.51. The molecule has 4 rings (SSSR count). The number of anilines is 1. The molecule has 1 aromatic heterocycles. The summed E-state index contributed by atoms with van der Waals surface area (Å²) in [5.74, 6) is 0.275. The lowest BCUT2D eigenvalue weighted by Crippen LogP contribution is -2.41. The quantitative estimate of drug-likeness (QED) is 0.840. The lowest BCUT2D eigenvalue weighted by Gasteiger charge is -2.30. The first-order valence-corrected chi connectivity index (χ1v) is 10.9. The fourth-order valence-electron chi connectivity index (χ4n) is 3.94.